The number of anilines is 1. The number of aryl methyl sites for hydroxylation is 2. The zero-order chi connectivity index (χ0) is 19.6. The molecule has 3 aromatic rings. The molecule has 0 saturated heterocycles. The number of fused-ring (bicyclic) bond motifs is 1. The van der Waals surface area contributed by atoms with Crippen molar-refractivity contribution in [3.05, 3.63) is 75.6 Å². The number of benzene rings is 2. The van der Waals surface area contributed by atoms with Gasteiger partial charge in [0.05, 0.1) is 11.1 Å². The largest absolute Gasteiger partial charge is 0.355 e. The maximum absolute atomic E-state index is 12.6. The minimum Gasteiger partial charge on any atom is -0.355 e. The Balaban J connectivity index is 1.99. The van der Waals surface area contributed by atoms with Crippen LogP contribution < -0.4 is 16.2 Å². The van der Waals surface area contributed by atoms with Crippen LogP contribution in [-0.4, -0.2) is 23.4 Å². The number of nitrogens with zero attached hydrogens (tertiary/aromatic N) is 1. The number of hydrogen-bond donors (Lipinski definition) is 2. The molecular weight excluding hydrogens is 342 g/mol. The normalized spacial score (nSPS) is 10.6. The molecule has 6 heteroatoms. The van der Waals surface area contributed by atoms with Gasteiger partial charge in [0.15, 0.2) is 0 Å². The molecule has 138 valence electrons. The third-order valence-corrected chi connectivity index (χ3v) is 4.46. The van der Waals surface area contributed by atoms with Crippen molar-refractivity contribution in [2.45, 2.75) is 20.4 Å². The number of amides is 2. The molecule has 27 heavy (non-hydrogen) atoms. The van der Waals surface area contributed by atoms with Gasteiger partial charge in [-0.3, -0.25) is 19.0 Å². The first kappa shape index (κ1) is 18.4. The number of para-hydroxylation sites is 1. The van der Waals surface area contributed by atoms with Crippen LogP contribution in [0.2, 0.25) is 0 Å². The van der Waals surface area contributed by atoms with Gasteiger partial charge in [0.1, 0.15) is 6.54 Å². The third kappa shape index (κ3) is 3.74. The molecule has 2 N–H and O–H groups in total. The minimum atomic E-state index is -0.400. The molecule has 2 aromatic carbocycles. The van der Waals surface area contributed by atoms with Crippen molar-refractivity contribution < 1.29 is 9.59 Å². The predicted molar refractivity (Wildman–Crippen MR) is 106 cm³/mol. The summed E-state index contributed by atoms with van der Waals surface area (Å²) < 4.78 is 1.38. The van der Waals surface area contributed by atoms with Gasteiger partial charge < -0.3 is 10.6 Å². The Hall–Kier alpha value is -3.41. The molecular formula is C21H21N3O3. The number of nitrogens with one attached hydrogen (secondary N) is 2. The predicted octanol–water partition coefficient (Wildman–Crippen LogP) is 2.62. The van der Waals surface area contributed by atoms with E-state index in [0.29, 0.717) is 16.5 Å². The van der Waals surface area contributed by atoms with Crippen molar-refractivity contribution in [1.29, 1.82) is 0 Å². The molecule has 1 heterocycles. The van der Waals surface area contributed by atoms with E-state index in [-0.39, 0.29) is 18.4 Å². The van der Waals surface area contributed by atoms with E-state index >= 15 is 0 Å². The molecule has 0 radical (unpaired) electrons. The Morgan fingerprint density at radius 2 is 1.78 bits per heavy atom. The van der Waals surface area contributed by atoms with Gasteiger partial charge in [0.2, 0.25) is 5.91 Å². The quantitative estimate of drug-likeness (QED) is 0.748. The van der Waals surface area contributed by atoms with E-state index < -0.39 is 5.56 Å². The second-order valence-corrected chi connectivity index (χ2v) is 6.45. The molecule has 2 amide bonds. The van der Waals surface area contributed by atoms with Gasteiger partial charge in [-0.15, -0.1) is 0 Å². The monoisotopic (exact) mass is 363 g/mol. The number of carbonyl (C=O) groups is 2. The average molecular weight is 363 g/mol. The van der Waals surface area contributed by atoms with Gasteiger partial charge in [-0.05, 0) is 37.1 Å². The summed E-state index contributed by atoms with van der Waals surface area (Å²) in [5.41, 5.74) is 3.14. The van der Waals surface area contributed by atoms with Gasteiger partial charge in [0, 0.05) is 24.2 Å². The summed E-state index contributed by atoms with van der Waals surface area (Å²) in [5, 5.41) is 6.02. The van der Waals surface area contributed by atoms with Crippen LogP contribution in [0.4, 0.5) is 5.69 Å². The Kier molecular flexibility index (Phi) is 5.07. The number of rotatable bonds is 4. The maximum Gasteiger partial charge on any atom is 0.252 e. The summed E-state index contributed by atoms with van der Waals surface area (Å²) in [4.78, 5) is 37.2. The first-order valence-electron chi connectivity index (χ1n) is 8.62. The van der Waals surface area contributed by atoms with Crippen LogP contribution in [-0.2, 0) is 11.3 Å². The molecule has 0 bridgehead atoms. The van der Waals surface area contributed by atoms with E-state index in [1.165, 1.54) is 17.7 Å². The highest BCUT2D eigenvalue weighted by Gasteiger charge is 2.15. The van der Waals surface area contributed by atoms with Crippen LogP contribution in [0.5, 0.6) is 0 Å². The van der Waals surface area contributed by atoms with Crippen molar-refractivity contribution in [3.8, 4) is 0 Å². The lowest BCUT2D eigenvalue weighted by atomic mass is 10.1. The maximum atomic E-state index is 12.6. The molecule has 0 saturated carbocycles. The van der Waals surface area contributed by atoms with Crippen molar-refractivity contribution >= 4 is 28.4 Å². The fourth-order valence-electron chi connectivity index (χ4n) is 3.02. The Morgan fingerprint density at radius 3 is 2.52 bits per heavy atom. The number of hydrogen-bond acceptors (Lipinski definition) is 3. The molecule has 0 spiro atoms. The second-order valence-electron chi connectivity index (χ2n) is 6.45. The van der Waals surface area contributed by atoms with Crippen LogP contribution in [0.1, 0.15) is 21.5 Å². The number of carbonyl (C=O) groups excluding carboxylic acids is 2. The van der Waals surface area contributed by atoms with Crippen LogP contribution in [0.15, 0.2) is 53.3 Å². The second kappa shape index (κ2) is 7.45. The molecule has 0 unspecified atom stereocenters. The van der Waals surface area contributed by atoms with E-state index in [1.807, 2.05) is 32.0 Å². The zero-order valence-corrected chi connectivity index (χ0v) is 15.5. The number of aromatic nitrogens is 1. The molecule has 0 aliphatic heterocycles. The molecule has 0 aliphatic rings. The molecule has 1 aromatic heterocycles. The topological polar surface area (TPSA) is 80.2 Å². The SMILES string of the molecule is CNC(=O)c1cc(=O)n(CC(=O)Nc2cc(C)ccc2C)c2ccccc12. The van der Waals surface area contributed by atoms with Crippen LogP contribution in [0, 0.1) is 13.8 Å². The van der Waals surface area contributed by atoms with Crippen molar-refractivity contribution in [3.63, 3.8) is 0 Å². The third-order valence-electron chi connectivity index (χ3n) is 4.46. The van der Waals surface area contributed by atoms with E-state index in [4.69, 9.17) is 0 Å². The molecule has 0 fully saturated rings. The van der Waals surface area contributed by atoms with Crippen LogP contribution in [0.3, 0.4) is 0 Å². The van der Waals surface area contributed by atoms with Crippen molar-refractivity contribution in [2.24, 2.45) is 0 Å². The lowest BCUT2D eigenvalue weighted by molar-refractivity contribution is -0.116. The lowest BCUT2D eigenvalue weighted by Crippen LogP contribution is -2.30. The summed E-state index contributed by atoms with van der Waals surface area (Å²) in [6.07, 6.45) is 0. The molecule has 0 atom stereocenters. The standard InChI is InChI=1S/C21H21N3O3/c1-13-8-9-14(2)17(10-13)23-19(25)12-24-18-7-5-4-6-15(18)16(11-20(24)26)21(27)22-3/h4-11H,12H2,1-3H3,(H,22,27)(H,23,25). The fraction of sp³-hybridized carbons (Fsp3) is 0.190. The van der Waals surface area contributed by atoms with E-state index in [2.05, 4.69) is 10.6 Å². The van der Waals surface area contributed by atoms with Gasteiger partial charge in [-0.1, -0.05) is 30.3 Å². The number of pyridine rings is 1. The smallest absolute Gasteiger partial charge is 0.252 e. The van der Waals surface area contributed by atoms with Crippen LogP contribution >= 0.6 is 0 Å². The Bertz CT molecular complexity index is 1100. The van der Waals surface area contributed by atoms with Gasteiger partial charge in [0.25, 0.3) is 11.5 Å². The fourth-order valence-corrected chi connectivity index (χ4v) is 3.02. The zero-order valence-electron chi connectivity index (χ0n) is 15.5. The first-order valence-corrected chi connectivity index (χ1v) is 8.62. The van der Waals surface area contributed by atoms with E-state index in [0.717, 1.165) is 16.8 Å². The average Bonchev–Trinajstić information content (AvgIpc) is 2.66. The van der Waals surface area contributed by atoms with Crippen molar-refractivity contribution in [2.75, 3.05) is 12.4 Å². The molecule has 6 nitrogen and oxygen atoms in total. The lowest BCUT2D eigenvalue weighted by Gasteiger charge is -2.14. The van der Waals surface area contributed by atoms with Gasteiger partial charge in [-0.25, -0.2) is 0 Å². The molecule has 0 aliphatic carbocycles. The van der Waals surface area contributed by atoms with Crippen molar-refractivity contribution in [1.82, 2.24) is 9.88 Å². The first-order chi connectivity index (χ1) is 12.9. The highest BCUT2D eigenvalue weighted by atomic mass is 16.2. The summed E-state index contributed by atoms with van der Waals surface area (Å²) in [6, 6.07) is 14.1. The van der Waals surface area contributed by atoms with E-state index in [9.17, 15) is 14.4 Å². The minimum absolute atomic E-state index is 0.138. The van der Waals surface area contributed by atoms with Gasteiger partial charge in [-0.2, -0.15) is 0 Å². The summed E-state index contributed by atoms with van der Waals surface area (Å²) >= 11 is 0. The highest BCUT2D eigenvalue weighted by molar-refractivity contribution is 6.06. The molecule has 3 rings (SSSR count). The summed E-state index contributed by atoms with van der Waals surface area (Å²) in [7, 11) is 1.51. The van der Waals surface area contributed by atoms with E-state index in [1.54, 1.807) is 24.3 Å². The Morgan fingerprint density at radius 1 is 1.04 bits per heavy atom. The van der Waals surface area contributed by atoms with Crippen LogP contribution in [0.25, 0.3) is 10.9 Å². The highest BCUT2D eigenvalue weighted by Crippen LogP contribution is 2.18. The Labute approximate surface area is 156 Å². The summed E-state index contributed by atoms with van der Waals surface area (Å²) in [6.45, 7) is 3.72. The van der Waals surface area contributed by atoms with Gasteiger partial charge >= 0.3 is 0 Å². The summed E-state index contributed by atoms with van der Waals surface area (Å²) in [5.74, 6) is -0.640.